The maximum atomic E-state index is 5.27. The third-order valence-electron chi connectivity index (χ3n) is 2.56. The van der Waals surface area contributed by atoms with E-state index in [1.165, 1.54) is 0 Å². The Hall–Kier alpha value is -1.71. The van der Waals surface area contributed by atoms with Crippen molar-refractivity contribution in [3.63, 3.8) is 0 Å². The summed E-state index contributed by atoms with van der Waals surface area (Å²) in [6.07, 6.45) is 5.74. The molecular weight excluding hydrogens is 226 g/mol. The van der Waals surface area contributed by atoms with Crippen LogP contribution >= 0.6 is 0 Å². The molecule has 0 spiro atoms. The standard InChI is InChI=1S/C14H23N3O/c1-4-6-7-10-17(3)14(15-5-2)16-12-13-9-8-11-18-13/h4,8-9,11H,1,5-7,10,12H2,2-3H3,(H,15,16). The summed E-state index contributed by atoms with van der Waals surface area (Å²) in [6.45, 7) is 8.20. The molecule has 0 saturated heterocycles. The Morgan fingerprint density at radius 2 is 2.44 bits per heavy atom. The molecule has 18 heavy (non-hydrogen) atoms. The zero-order chi connectivity index (χ0) is 13.2. The lowest BCUT2D eigenvalue weighted by Crippen LogP contribution is -2.39. The minimum Gasteiger partial charge on any atom is -0.467 e. The summed E-state index contributed by atoms with van der Waals surface area (Å²) in [6, 6.07) is 3.82. The molecule has 0 bridgehead atoms. The van der Waals surface area contributed by atoms with Crippen LogP contribution in [0.15, 0.2) is 40.5 Å². The van der Waals surface area contributed by atoms with Crippen LogP contribution in [0.5, 0.6) is 0 Å². The maximum Gasteiger partial charge on any atom is 0.194 e. The highest BCUT2D eigenvalue weighted by Crippen LogP contribution is 2.02. The summed E-state index contributed by atoms with van der Waals surface area (Å²) in [7, 11) is 2.05. The summed E-state index contributed by atoms with van der Waals surface area (Å²) < 4.78 is 5.27. The van der Waals surface area contributed by atoms with E-state index in [4.69, 9.17) is 4.42 Å². The van der Waals surface area contributed by atoms with E-state index < -0.39 is 0 Å². The Bertz CT molecular complexity index is 357. The lowest BCUT2D eigenvalue weighted by Gasteiger charge is -2.21. The Labute approximate surface area is 109 Å². The quantitative estimate of drug-likeness (QED) is 0.349. The van der Waals surface area contributed by atoms with Gasteiger partial charge in [-0.25, -0.2) is 4.99 Å². The number of allylic oxidation sites excluding steroid dienone is 1. The fraction of sp³-hybridized carbons (Fsp3) is 0.500. The molecule has 4 nitrogen and oxygen atoms in total. The van der Waals surface area contributed by atoms with Gasteiger partial charge in [-0.2, -0.15) is 0 Å². The van der Waals surface area contributed by atoms with Gasteiger partial charge in [0, 0.05) is 20.1 Å². The van der Waals surface area contributed by atoms with Crippen LogP contribution in [-0.2, 0) is 6.54 Å². The van der Waals surface area contributed by atoms with E-state index in [1.54, 1.807) is 6.26 Å². The van der Waals surface area contributed by atoms with Gasteiger partial charge in [0.25, 0.3) is 0 Å². The van der Waals surface area contributed by atoms with Crippen LogP contribution in [0.3, 0.4) is 0 Å². The SMILES string of the molecule is C=CCCCN(C)C(=NCc1ccco1)NCC. The van der Waals surface area contributed by atoms with Crippen molar-refractivity contribution >= 4 is 5.96 Å². The molecule has 0 aromatic carbocycles. The number of nitrogens with zero attached hydrogens (tertiary/aromatic N) is 2. The van der Waals surface area contributed by atoms with Crippen LogP contribution in [0.4, 0.5) is 0 Å². The van der Waals surface area contributed by atoms with Crippen LogP contribution in [0.2, 0.25) is 0 Å². The number of furan rings is 1. The normalized spacial score (nSPS) is 11.3. The molecule has 0 aliphatic carbocycles. The van der Waals surface area contributed by atoms with E-state index in [0.717, 1.165) is 37.7 Å². The van der Waals surface area contributed by atoms with Crippen molar-refractivity contribution in [3.05, 3.63) is 36.8 Å². The molecule has 0 atom stereocenters. The predicted octanol–water partition coefficient (Wildman–Crippen LogP) is 2.64. The van der Waals surface area contributed by atoms with Crippen LogP contribution in [-0.4, -0.2) is 31.0 Å². The summed E-state index contributed by atoms with van der Waals surface area (Å²) >= 11 is 0. The summed E-state index contributed by atoms with van der Waals surface area (Å²) in [5, 5.41) is 3.28. The summed E-state index contributed by atoms with van der Waals surface area (Å²) in [5.74, 6) is 1.79. The van der Waals surface area contributed by atoms with Gasteiger partial charge in [-0.15, -0.1) is 6.58 Å². The van der Waals surface area contributed by atoms with Crippen molar-refractivity contribution in [1.29, 1.82) is 0 Å². The molecule has 0 radical (unpaired) electrons. The molecule has 4 heteroatoms. The van der Waals surface area contributed by atoms with Crippen molar-refractivity contribution in [2.75, 3.05) is 20.1 Å². The smallest absolute Gasteiger partial charge is 0.194 e. The van der Waals surface area contributed by atoms with Gasteiger partial charge in [0.2, 0.25) is 0 Å². The van der Waals surface area contributed by atoms with Gasteiger partial charge in [0.1, 0.15) is 12.3 Å². The van der Waals surface area contributed by atoms with Crippen molar-refractivity contribution in [1.82, 2.24) is 10.2 Å². The number of aliphatic imine (C=N–C) groups is 1. The number of unbranched alkanes of at least 4 members (excludes halogenated alkanes) is 1. The number of hydrogen-bond donors (Lipinski definition) is 1. The Morgan fingerprint density at radius 3 is 3.06 bits per heavy atom. The Kier molecular flexibility index (Phi) is 6.69. The fourth-order valence-corrected chi connectivity index (χ4v) is 1.60. The number of guanidine groups is 1. The minimum absolute atomic E-state index is 0.571. The number of rotatable bonds is 7. The zero-order valence-corrected chi connectivity index (χ0v) is 11.4. The number of hydrogen-bond acceptors (Lipinski definition) is 2. The summed E-state index contributed by atoms with van der Waals surface area (Å²) in [4.78, 5) is 6.68. The van der Waals surface area contributed by atoms with Crippen LogP contribution in [0.1, 0.15) is 25.5 Å². The molecule has 0 fully saturated rings. The van der Waals surface area contributed by atoms with Gasteiger partial charge in [0.05, 0.1) is 6.26 Å². The highest BCUT2D eigenvalue weighted by molar-refractivity contribution is 5.79. The van der Waals surface area contributed by atoms with E-state index in [2.05, 4.69) is 28.7 Å². The first kappa shape index (κ1) is 14.4. The van der Waals surface area contributed by atoms with E-state index in [9.17, 15) is 0 Å². The monoisotopic (exact) mass is 249 g/mol. The first-order valence-corrected chi connectivity index (χ1v) is 6.40. The van der Waals surface area contributed by atoms with Gasteiger partial charge in [-0.3, -0.25) is 0 Å². The van der Waals surface area contributed by atoms with Crippen LogP contribution in [0, 0.1) is 0 Å². The maximum absolute atomic E-state index is 5.27. The second kappa shape index (κ2) is 8.39. The Balaban J connectivity index is 2.51. The van der Waals surface area contributed by atoms with Gasteiger partial charge < -0.3 is 14.6 Å². The molecule has 1 aromatic heterocycles. The third-order valence-corrected chi connectivity index (χ3v) is 2.56. The van der Waals surface area contributed by atoms with Crippen molar-refractivity contribution in [2.24, 2.45) is 4.99 Å². The molecule has 0 aliphatic heterocycles. The molecule has 0 saturated carbocycles. The van der Waals surface area contributed by atoms with Crippen LogP contribution in [0.25, 0.3) is 0 Å². The van der Waals surface area contributed by atoms with Crippen molar-refractivity contribution in [2.45, 2.75) is 26.3 Å². The average molecular weight is 249 g/mol. The lowest BCUT2D eigenvalue weighted by atomic mass is 10.3. The van der Waals surface area contributed by atoms with E-state index in [0.29, 0.717) is 6.54 Å². The predicted molar refractivity (Wildman–Crippen MR) is 75.6 cm³/mol. The molecule has 1 N–H and O–H groups in total. The lowest BCUT2D eigenvalue weighted by molar-refractivity contribution is 0.465. The molecule has 0 amide bonds. The Morgan fingerprint density at radius 1 is 1.61 bits per heavy atom. The highest BCUT2D eigenvalue weighted by atomic mass is 16.3. The van der Waals surface area contributed by atoms with E-state index in [-0.39, 0.29) is 0 Å². The van der Waals surface area contributed by atoms with E-state index in [1.807, 2.05) is 25.3 Å². The largest absolute Gasteiger partial charge is 0.467 e. The van der Waals surface area contributed by atoms with Gasteiger partial charge in [0.15, 0.2) is 5.96 Å². The minimum atomic E-state index is 0.571. The summed E-state index contributed by atoms with van der Waals surface area (Å²) in [5.41, 5.74) is 0. The molecule has 0 aliphatic rings. The second-order valence-electron chi connectivity index (χ2n) is 4.10. The van der Waals surface area contributed by atoms with Gasteiger partial charge in [-0.05, 0) is 31.9 Å². The third kappa shape index (κ3) is 5.08. The first-order valence-electron chi connectivity index (χ1n) is 6.40. The number of nitrogens with one attached hydrogen (secondary N) is 1. The van der Waals surface area contributed by atoms with Crippen molar-refractivity contribution < 1.29 is 4.42 Å². The zero-order valence-electron chi connectivity index (χ0n) is 11.4. The molecule has 1 heterocycles. The van der Waals surface area contributed by atoms with Gasteiger partial charge in [-0.1, -0.05) is 6.08 Å². The molecule has 1 rings (SSSR count). The fourth-order valence-electron chi connectivity index (χ4n) is 1.60. The topological polar surface area (TPSA) is 40.8 Å². The molecule has 100 valence electrons. The second-order valence-corrected chi connectivity index (χ2v) is 4.10. The molecule has 1 aromatic rings. The van der Waals surface area contributed by atoms with E-state index >= 15 is 0 Å². The molecule has 0 unspecified atom stereocenters. The molecular formula is C14H23N3O. The average Bonchev–Trinajstić information content (AvgIpc) is 2.87. The van der Waals surface area contributed by atoms with Crippen LogP contribution < -0.4 is 5.32 Å². The van der Waals surface area contributed by atoms with Crippen molar-refractivity contribution in [3.8, 4) is 0 Å². The van der Waals surface area contributed by atoms with Gasteiger partial charge >= 0.3 is 0 Å². The first-order chi connectivity index (χ1) is 8.77. The highest BCUT2D eigenvalue weighted by Gasteiger charge is 2.05.